The Kier molecular flexibility index (Phi) is 3.71. The zero-order chi connectivity index (χ0) is 17.4. The van der Waals surface area contributed by atoms with Crippen LogP contribution in [0.25, 0.3) is 10.9 Å². The summed E-state index contributed by atoms with van der Waals surface area (Å²) in [6.07, 6.45) is 3.49. The minimum Gasteiger partial charge on any atom is -0.497 e. The van der Waals surface area contributed by atoms with Gasteiger partial charge in [-0.05, 0) is 42.7 Å². The second kappa shape index (κ2) is 5.92. The van der Waals surface area contributed by atoms with Crippen molar-refractivity contribution in [1.29, 1.82) is 0 Å². The predicted molar refractivity (Wildman–Crippen MR) is 94.0 cm³/mol. The van der Waals surface area contributed by atoms with Gasteiger partial charge in [-0.3, -0.25) is 4.79 Å². The number of aromatic amines is 1. The number of H-pyrrole nitrogens is 1. The molecule has 5 heteroatoms. The van der Waals surface area contributed by atoms with Crippen molar-refractivity contribution in [1.82, 2.24) is 10.3 Å². The molecule has 1 aliphatic carbocycles. The maximum absolute atomic E-state index is 13.7. The number of carbonyl (C=O) groups excluding carboxylic acids is 1. The summed E-state index contributed by atoms with van der Waals surface area (Å²) in [6, 6.07) is 12.3. The lowest BCUT2D eigenvalue weighted by Crippen LogP contribution is -2.34. The van der Waals surface area contributed by atoms with Crippen molar-refractivity contribution in [3.8, 4) is 5.75 Å². The number of carbonyl (C=O) groups is 1. The molecule has 4 nitrogen and oxygen atoms in total. The summed E-state index contributed by atoms with van der Waals surface area (Å²) >= 11 is 0. The van der Waals surface area contributed by atoms with Crippen LogP contribution in [0.3, 0.4) is 0 Å². The average molecular weight is 338 g/mol. The molecule has 2 N–H and O–H groups in total. The van der Waals surface area contributed by atoms with Gasteiger partial charge in [-0.1, -0.05) is 18.2 Å². The van der Waals surface area contributed by atoms with Gasteiger partial charge in [-0.25, -0.2) is 4.39 Å². The fourth-order valence-electron chi connectivity index (χ4n) is 3.35. The third-order valence-electron chi connectivity index (χ3n) is 4.99. The first-order valence-corrected chi connectivity index (χ1v) is 8.31. The van der Waals surface area contributed by atoms with Gasteiger partial charge in [0.2, 0.25) is 5.91 Å². The highest BCUT2D eigenvalue weighted by atomic mass is 19.1. The molecule has 1 amide bonds. The van der Waals surface area contributed by atoms with E-state index in [-0.39, 0.29) is 18.3 Å². The van der Waals surface area contributed by atoms with Crippen molar-refractivity contribution in [2.24, 2.45) is 0 Å². The molecule has 0 bridgehead atoms. The smallest absolute Gasteiger partial charge is 0.231 e. The van der Waals surface area contributed by atoms with E-state index in [1.54, 1.807) is 25.3 Å². The third-order valence-corrected chi connectivity index (χ3v) is 4.99. The van der Waals surface area contributed by atoms with Crippen LogP contribution in [0.2, 0.25) is 0 Å². The summed E-state index contributed by atoms with van der Waals surface area (Å²) in [5, 5.41) is 3.90. The van der Waals surface area contributed by atoms with E-state index in [0.717, 1.165) is 35.1 Å². The Morgan fingerprint density at radius 1 is 1.28 bits per heavy atom. The number of halogens is 1. The summed E-state index contributed by atoms with van der Waals surface area (Å²) in [7, 11) is 1.63. The van der Waals surface area contributed by atoms with E-state index in [2.05, 4.69) is 10.3 Å². The average Bonchev–Trinajstić information content (AvgIpc) is 3.33. The summed E-state index contributed by atoms with van der Waals surface area (Å²) in [4.78, 5) is 16.1. The Morgan fingerprint density at radius 2 is 2.08 bits per heavy atom. The highest BCUT2D eigenvalue weighted by molar-refractivity contribution is 5.97. The minimum atomic E-state index is -0.532. The van der Waals surface area contributed by atoms with Crippen LogP contribution in [0.1, 0.15) is 24.0 Å². The Morgan fingerprint density at radius 3 is 2.80 bits per heavy atom. The second-order valence-corrected chi connectivity index (χ2v) is 6.47. The SMILES string of the molecule is COc1ccc2[nH]cc(C3(C(=O)NCc4ccccc4F)CC3)c2c1. The number of benzene rings is 2. The first-order chi connectivity index (χ1) is 12.1. The molecule has 1 fully saturated rings. The lowest BCUT2D eigenvalue weighted by atomic mass is 9.94. The molecule has 0 unspecified atom stereocenters. The number of fused-ring (bicyclic) bond motifs is 1. The molecule has 1 aliphatic rings. The van der Waals surface area contributed by atoms with Crippen LogP contribution in [-0.4, -0.2) is 18.0 Å². The number of ether oxygens (including phenoxy) is 1. The number of aromatic nitrogens is 1. The van der Waals surface area contributed by atoms with Crippen molar-refractivity contribution < 1.29 is 13.9 Å². The highest BCUT2D eigenvalue weighted by Gasteiger charge is 2.52. The van der Waals surface area contributed by atoms with Gasteiger partial charge in [0.1, 0.15) is 11.6 Å². The molecular formula is C20H19FN2O2. The number of hydrogen-bond acceptors (Lipinski definition) is 2. The Bertz CT molecular complexity index is 944. The van der Waals surface area contributed by atoms with Crippen LogP contribution in [0, 0.1) is 5.82 Å². The fraction of sp³-hybridized carbons (Fsp3) is 0.250. The highest BCUT2D eigenvalue weighted by Crippen LogP contribution is 2.51. The van der Waals surface area contributed by atoms with Crippen LogP contribution in [0.4, 0.5) is 4.39 Å². The van der Waals surface area contributed by atoms with Gasteiger partial charge < -0.3 is 15.0 Å². The molecule has 1 heterocycles. The first kappa shape index (κ1) is 15.7. The van der Waals surface area contributed by atoms with Crippen molar-refractivity contribution >= 4 is 16.8 Å². The standard InChI is InChI=1S/C20H19FN2O2/c1-25-14-6-7-18-15(10-14)16(12-22-18)20(8-9-20)19(24)23-11-13-4-2-3-5-17(13)21/h2-7,10,12,22H,8-9,11H2,1H3,(H,23,24). The lowest BCUT2D eigenvalue weighted by Gasteiger charge is -2.15. The minimum absolute atomic E-state index is 0.0560. The third kappa shape index (κ3) is 2.65. The zero-order valence-electron chi connectivity index (χ0n) is 13.9. The van der Waals surface area contributed by atoms with E-state index in [1.165, 1.54) is 6.07 Å². The number of rotatable bonds is 5. The van der Waals surface area contributed by atoms with Gasteiger partial charge in [-0.15, -0.1) is 0 Å². The summed E-state index contributed by atoms with van der Waals surface area (Å²) < 4.78 is 19.0. The normalized spacial score (nSPS) is 15.1. The fourth-order valence-corrected chi connectivity index (χ4v) is 3.35. The molecule has 1 saturated carbocycles. The summed E-state index contributed by atoms with van der Waals surface area (Å²) in [5.41, 5.74) is 1.92. The molecule has 4 rings (SSSR count). The maximum atomic E-state index is 13.7. The van der Waals surface area contributed by atoms with Crippen LogP contribution in [-0.2, 0) is 16.8 Å². The van der Waals surface area contributed by atoms with Crippen molar-refractivity contribution in [2.45, 2.75) is 24.8 Å². The molecule has 25 heavy (non-hydrogen) atoms. The number of amides is 1. The molecule has 2 aromatic carbocycles. The van der Waals surface area contributed by atoms with Gasteiger partial charge >= 0.3 is 0 Å². The first-order valence-electron chi connectivity index (χ1n) is 8.31. The predicted octanol–water partition coefficient (Wildman–Crippen LogP) is 3.66. The zero-order valence-corrected chi connectivity index (χ0v) is 13.9. The molecule has 1 aromatic heterocycles. The van der Waals surface area contributed by atoms with E-state index < -0.39 is 5.41 Å². The van der Waals surface area contributed by atoms with Crippen LogP contribution in [0.5, 0.6) is 5.75 Å². The summed E-state index contributed by atoms with van der Waals surface area (Å²) in [6.45, 7) is 0.193. The van der Waals surface area contributed by atoms with Gasteiger partial charge in [0.25, 0.3) is 0 Å². The van der Waals surface area contributed by atoms with Crippen molar-refractivity contribution in [3.63, 3.8) is 0 Å². The van der Waals surface area contributed by atoms with Crippen molar-refractivity contribution in [2.75, 3.05) is 7.11 Å². The van der Waals surface area contributed by atoms with E-state index in [1.807, 2.05) is 24.4 Å². The van der Waals surface area contributed by atoms with Gasteiger partial charge in [0.05, 0.1) is 12.5 Å². The van der Waals surface area contributed by atoms with Crippen LogP contribution in [0.15, 0.2) is 48.7 Å². The van der Waals surface area contributed by atoms with Crippen LogP contribution < -0.4 is 10.1 Å². The topological polar surface area (TPSA) is 54.1 Å². The number of methoxy groups -OCH3 is 1. The number of hydrogen-bond donors (Lipinski definition) is 2. The number of nitrogens with one attached hydrogen (secondary N) is 2. The molecule has 0 saturated heterocycles. The summed E-state index contributed by atoms with van der Waals surface area (Å²) in [5.74, 6) is 0.403. The van der Waals surface area contributed by atoms with E-state index in [4.69, 9.17) is 4.74 Å². The maximum Gasteiger partial charge on any atom is 0.231 e. The molecule has 0 atom stereocenters. The van der Waals surface area contributed by atoms with E-state index >= 15 is 0 Å². The Labute approximate surface area is 145 Å². The largest absolute Gasteiger partial charge is 0.497 e. The van der Waals surface area contributed by atoms with E-state index in [9.17, 15) is 9.18 Å². The Hall–Kier alpha value is -2.82. The van der Waals surface area contributed by atoms with Crippen LogP contribution >= 0.6 is 0 Å². The molecule has 0 spiro atoms. The molecule has 0 radical (unpaired) electrons. The van der Waals surface area contributed by atoms with E-state index in [0.29, 0.717) is 5.56 Å². The lowest BCUT2D eigenvalue weighted by molar-refractivity contribution is -0.123. The molecular weight excluding hydrogens is 319 g/mol. The molecule has 3 aromatic rings. The molecule has 0 aliphatic heterocycles. The van der Waals surface area contributed by atoms with Gasteiger partial charge in [-0.2, -0.15) is 0 Å². The molecule has 128 valence electrons. The second-order valence-electron chi connectivity index (χ2n) is 6.47. The monoisotopic (exact) mass is 338 g/mol. The van der Waals surface area contributed by atoms with Gasteiger partial charge in [0.15, 0.2) is 0 Å². The van der Waals surface area contributed by atoms with Crippen molar-refractivity contribution in [3.05, 3.63) is 65.6 Å². The van der Waals surface area contributed by atoms with Gasteiger partial charge in [0, 0.05) is 29.2 Å². The quantitative estimate of drug-likeness (QED) is 0.746. The Balaban J connectivity index is 1.59.